The Hall–Kier alpha value is -2.56. The molecule has 0 aliphatic carbocycles. The standard InChI is InChI=1S/C18H19FN2O2/c1-4-20-15-9-10-21(14-7-5-13(19)6-8-14)16(15)11-17(20)18(22)23-12(2)3/h5-12H,4H2,1-3H3. The van der Waals surface area contributed by atoms with Crippen molar-refractivity contribution in [2.24, 2.45) is 0 Å². The van der Waals surface area contributed by atoms with E-state index in [1.54, 1.807) is 12.1 Å². The van der Waals surface area contributed by atoms with Crippen molar-refractivity contribution in [1.29, 1.82) is 0 Å². The number of carbonyl (C=O) groups is 1. The van der Waals surface area contributed by atoms with Crippen molar-refractivity contribution in [2.75, 3.05) is 0 Å². The summed E-state index contributed by atoms with van der Waals surface area (Å²) in [6, 6.07) is 10.0. The molecule has 0 bridgehead atoms. The van der Waals surface area contributed by atoms with E-state index in [0.29, 0.717) is 12.2 Å². The molecule has 23 heavy (non-hydrogen) atoms. The Morgan fingerprint density at radius 3 is 2.48 bits per heavy atom. The van der Waals surface area contributed by atoms with Gasteiger partial charge in [0.25, 0.3) is 0 Å². The molecule has 1 aromatic carbocycles. The SMILES string of the molecule is CCn1c(C(=O)OC(C)C)cc2c1ccn2-c1ccc(F)cc1. The largest absolute Gasteiger partial charge is 0.458 e. The molecule has 0 spiro atoms. The highest BCUT2D eigenvalue weighted by atomic mass is 19.1. The summed E-state index contributed by atoms with van der Waals surface area (Å²) in [5.41, 5.74) is 3.22. The second kappa shape index (κ2) is 5.91. The minimum Gasteiger partial charge on any atom is -0.458 e. The number of fused-ring (bicyclic) bond motifs is 1. The third-order valence-corrected chi connectivity index (χ3v) is 3.73. The number of carbonyl (C=O) groups excluding carboxylic acids is 1. The maximum atomic E-state index is 13.1. The molecule has 0 saturated carbocycles. The van der Waals surface area contributed by atoms with E-state index < -0.39 is 0 Å². The predicted molar refractivity (Wildman–Crippen MR) is 87.4 cm³/mol. The molecule has 0 N–H and O–H groups in total. The van der Waals surface area contributed by atoms with E-state index in [1.807, 2.05) is 48.2 Å². The molecule has 0 saturated heterocycles. The number of aromatic nitrogens is 2. The predicted octanol–water partition coefficient (Wildman–Crippen LogP) is 4.16. The van der Waals surface area contributed by atoms with Crippen LogP contribution < -0.4 is 0 Å². The first-order chi connectivity index (χ1) is 11.0. The molecule has 0 amide bonds. The van der Waals surface area contributed by atoms with Crippen molar-refractivity contribution in [1.82, 2.24) is 9.13 Å². The van der Waals surface area contributed by atoms with Crippen LogP contribution in [-0.2, 0) is 11.3 Å². The number of benzene rings is 1. The van der Waals surface area contributed by atoms with Gasteiger partial charge in [-0.05, 0) is 57.2 Å². The van der Waals surface area contributed by atoms with Gasteiger partial charge in [-0.2, -0.15) is 0 Å². The van der Waals surface area contributed by atoms with Crippen LogP contribution in [0.3, 0.4) is 0 Å². The average Bonchev–Trinajstić information content (AvgIpc) is 3.06. The van der Waals surface area contributed by atoms with Gasteiger partial charge in [-0.3, -0.25) is 0 Å². The number of ether oxygens (including phenoxy) is 1. The highest BCUT2D eigenvalue weighted by Gasteiger charge is 2.19. The molecule has 2 heterocycles. The second-order valence-corrected chi connectivity index (χ2v) is 5.66. The van der Waals surface area contributed by atoms with Gasteiger partial charge in [-0.15, -0.1) is 0 Å². The van der Waals surface area contributed by atoms with Crippen LogP contribution >= 0.6 is 0 Å². The van der Waals surface area contributed by atoms with Crippen molar-refractivity contribution in [3.63, 3.8) is 0 Å². The Morgan fingerprint density at radius 2 is 1.87 bits per heavy atom. The van der Waals surface area contributed by atoms with Crippen LogP contribution in [0.2, 0.25) is 0 Å². The zero-order chi connectivity index (χ0) is 16.6. The van der Waals surface area contributed by atoms with Gasteiger partial charge in [0.1, 0.15) is 11.5 Å². The topological polar surface area (TPSA) is 36.2 Å². The number of nitrogens with zero attached hydrogens (tertiary/aromatic N) is 2. The lowest BCUT2D eigenvalue weighted by Crippen LogP contribution is -2.15. The molecular weight excluding hydrogens is 295 g/mol. The maximum Gasteiger partial charge on any atom is 0.355 e. The fourth-order valence-electron chi connectivity index (χ4n) is 2.75. The van der Waals surface area contributed by atoms with Crippen LogP contribution in [0.15, 0.2) is 42.6 Å². The monoisotopic (exact) mass is 314 g/mol. The van der Waals surface area contributed by atoms with Gasteiger partial charge in [0, 0.05) is 18.4 Å². The number of aryl methyl sites for hydroxylation is 1. The van der Waals surface area contributed by atoms with Crippen molar-refractivity contribution in [2.45, 2.75) is 33.4 Å². The highest BCUT2D eigenvalue weighted by molar-refractivity contribution is 5.95. The van der Waals surface area contributed by atoms with Crippen molar-refractivity contribution < 1.29 is 13.9 Å². The molecule has 0 fully saturated rings. The molecule has 0 aliphatic rings. The molecule has 0 unspecified atom stereocenters. The lowest BCUT2D eigenvalue weighted by Gasteiger charge is -2.09. The van der Waals surface area contributed by atoms with Gasteiger partial charge in [0.2, 0.25) is 0 Å². The van der Waals surface area contributed by atoms with Gasteiger partial charge in [-0.25, -0.2) is 9.18 Å². The quantitative estimate of drug-likeness (QED) is 0.678. The van der Waals surface area contributed by atoms with E-state index in [0.717, 1.165) is 16.7 Å². The molecule has 3 rings (SSSR count). The molecule has 0 atom stereocenters. The fraction of sp³-hybridized carbons (Fsp3) is 0.278. The van der Waals surface area contributed by atoms with Gasteiger partial charge in [0.15, 0.2) is 0 Å². The van der Waals surface area contributed by atoms with E-state index in [9.17, 15) is 9.18 Å². The number of rotatable bonds is 4. The first kappa shape index (κ1) is 15.3. The molecule has 2 aromatic heterocycles. The first-order valence-electron chi connectivity index (χ1n) is 7.68. The summed E-state index contributed by atoms with van der Waals surface area (Å²) in [7, 11) is 0. The van der Waals surface area contributed by atoms with E-state index in [4.69, 9.17) is 4.74 Å². The number of hydrogen-bond acceptors (Lipinski definition) is 2. The van der Waals surface area contributed by atoms with Gasteiger partial charge in [0.05, 0.1) is 17.1 Å². The summed E-state index contributed by atoms with van der Waals surface area (Å²) in [4.78, 5) is 12.3. The Balaban J connectivity index is 2.11. The van der Waals surface area contributed by atoms with Gasteiger partial charge >= 0.3 is 5.97 Å². The minimum absolute atomic E-state index is 0.165. The molecule has 4 nitrogen and oxygen atoms in total. The zero-order valence-corrected chi connectivity index (χ0v) is 13.4. The Bertz CT molecular complexity index is 844. The fourth-order valence-corrected chi connectivity index (χ4v) is 2.75. The lowest BCUT2D eigenvalue weighted by molar-refractivity contribution is 0.0366. The molecular formula is C18H19FN2O2. The molecule has 3 aromatic rings. The lowest BCUT2D eigenvalue weighted by atomic mass is 10.3. The molecule has 120 valence electrons. The van der Waals surface area contributed by atoms with Crippen LogP contribution in [0.5, 0.6) is 0 Å². The number of hydrogen-bond donors (Lipinski definition) is 0. The summed E-state index contributed by atoms with van der Waals surface area (Å²) in [5, 5.41) is 0. The Kier molecular flexibility index (Phi) is 3.94. The van der Waals surface area contributed by atoms with E-state index in [1.165, 1.54) is 12.1 Å². The molecule has 0 radical (unpaired) electrons. The zero-order valence-electron chi connectivity index (χ0n) is 13.4. The normalized spacial score (nSPS) is 11.3. The van der Waals surface area contributed by atoms with Gasteiger partial charge in [-0.1, -0.05) is 0 Å². The summed E-state index contributed by atoms with van der Waals surface area (Å²) >= 11 is 0. The summed E-state index contributed by atoms with van der Waals surface area (Å²) in [5.74, 6) is -0.604. The van der Waals surface area contributed by atoms with Gasteiger partial charge < -0.3 is 13.9 Å². The molecule has 5 heteroatoms. The smallest absolute Gasteiger partial charge is 0.355 e. The van der Waals surface area contributed by atoms with E-state index in [2.05, 4.69) is 0 Å². The third-order valence-electron chi connectivity index (χ3n) is 3.73. The maximum absolute atomic E-state index is 13.1. The van der Waals surface area contributed by atoms with Crippen molar-refractivity contribution in [3.05, 3.63) is 54.1 Å². The Labute approximate surface area is 134 Å². The van der Waals surface area contributed by atoms with Crippen LogP contribution in [0.1, 0.15) is 31.3 Å². The average molecular weight is 314 g/mol. The molecule has 0 aliphatic heterocycles. The van der Waals surface area contributed by atoms with Crippen molar-refractivity contribution in [3.8, 4) is 5.69 Å². The van der Waals surface area contributed by atoms with E-state index in [-0.39, 0.29) is 17.9 Å². The number of halogens is 1. The Morgan fingerprint density at radius 1 is 1.17 bits per heavy atom. The summed E-state index contributed by atoms with van der Waals surface area (Å²) in [6.07, 6.45) is 1.75. The van der Waals surface area contributed by atoms with E-state index >= 15 is 0 Å². The first-order valence-corrected chi connectivity index (χ1v) is 7.68. The van der Waals surface area contributed by atoms with Crippen LogP contribution in [0.25, 0.3) is 16.7 Å². The summed E-state index contributed by atoms with van der Waals surface area (Å²) in [6.45, 7) is 6.31. The highest BCUT2D eigenvalue weighted by Crippen LogP contribution is 2.25. The van der Waals surface area contributed by atoms with Crippen LogP contribution in [0, 0.1) is 5.82 Å². The summed E-state index contributed by atoms with van der Waals surface area (Å²) < 4.78 is 22.3. The van der Waals surface area contributed by atoms with Crippen LogP contribution in [-0.4, -0.2) is 21.2 Å². The van der Waals surface area contributed by atoms with Crippen molar-refractivity contribution >= 4 is 17.0 Å². The second-order valence-electron chi connectivity index (χ2n) is 5.66. The number of esters is 1. The van der Waals surface area contributed by atoms with Crippen LogP contribution in [0.4, 0.5) is 4.39 Å². The third kappa shape index (κ3) is 2.74. The minimum atomic E-state index is -0.330.